The maximum Gasteiger partial charge on any atom is 0.297 e. The van der Waals surface area contributed by atoms with E-state index in [4.69, 9.17) is 17.0 Å². The molecule has 0 bridgehead atoms. The number of nitrogens with zero attached hydrogens (tertiary/aromatic N) is 2. The van der Waals surface area contributed by atoms with Crippen LogP contribution in [0.4, 0.5) is 5.69 Å². The summed E-state index contributed by atoms with van der Waals surface area (Å²) in [6, 6.07) is 8.26. The molecule has 0 aliphatic carbocycles. The van der Waals surface area contributed by atoms with E-state index in [1.807, 2.05) is 25.1 Å². The number of carbonyl (C=O) groups excluding carboxylic acids is 1. The number of hydrogen-bond donors (Lipinski definition) is 0. The van der Waals surface area contributed by atoms with E-state index in [0.29, 0.717) is 6.54 Å². The summed E-state index contributed by atoms with van der Waals surface area (Å²) in [6.07, 6.45) is 3.63. The van der Waals surface area contributed by atoms with Crippen molar-refractivity contribution in [1.82, 2.24) is 4.90 Å². The molecule has 6 heteroatoms. The highest BCUT2D eigenvalue weighted by atomic mass is 32.2. The van der Waals surface area contributed by atoms with Crippen molar-refractivity contribution in [2.75, 3.05) is 18.0 Å². The quantitative estimate of drug-likeness (QED) is 0.625. The molecular weight excluding hydrogens is 316 g/mol. The number of allylic oxidation sites excluding steroid dienone is 2. The summed E-state index contributed by atoms with van der Waals surface area (Å²) in [6.45, 7) is 5.37. The molecule has 3 rings (SSSR count). The monoisotopic (exact) mass is 332 g/mol. The van der Waals surface area contributed by atoms with E-state index in [1.54, 1.807) is 17.8 Å². The number of thiocarbonyl (C=S) groups is 1. The van der Waals surface area contributed by atoms with E-state index in [1.165, 1.54) is 15.5 Å². The van der Waals surface area contributed by atoms with Crippen molar-refractivity contribution in [1.29, 1.82) is 0 Å². The number of rotatable bonds is 3. The highest BCUT2D eigenvalue weighted by Gasteiger charge is 2.32. The minimum atomic E-state index is -0.173. The summed E-state index contributed by atoms with van der Waals surface area (Å²) >= 11 is 6.74. The first kappa shape index (κ1) is 15.1. The van der Waals surface area contributed by atoms with Crippen LogP contribution in [-0.2, 0) is 9.53 Å². The lowest BCUT2D eigenvalue weighted by atomic mass is 10.3. The number of carbonyl (C=O) groups is 1. The Morgan fingerprint density at radius 3 is 2.59 bits per heavy atom. The smallest absolute Gasteiger partial charge is 0.297 e. The number of likely N-dealkylation sites (N-methyl/N-ethyl adjacent to an activating group) is 1. The van der Waals surface area contributed by atoms with Crippen LogP contribution in [0.2, 0.25) is 0 Å². The molecule has 0 unspecified atom stereocenters. The van der Waals surface area contributed by atoms with Gasteiger partial charge in [0.2, 0.25) is 0 Å². The number of amides is 1. The molecule has 0 aromatic heterocycles. The van der Waals surface area contributed by atoms with E-state index >= 15 is 0 Å². The molecule has 2 aliphatic heterocycles. The molecule has 1 aromatic rings. The van der Waals surface area contributed by atoms with Gasteiger partial charge in [0.15, 0.2) is 5.76 Å². The predicted molar refractivity (Wildman–Crippen MR) is 92.6 cm³/mol. The largest absolute Gasteiger partial charge is 0.426 e. The van der Waals surface area contributed by atoms with Gasteiger partial charge in [-0.25, -0.2) is 0 Å². The highest BCUT2D eigenvalue weighted by molar-refractivity contribution is 8.03. The zero-order chi connectivity index (χ0) is 15.7. The van der Waals surface area contributed by atoms with Gasteiger partial charge in [-0.2, -0.15) is 0 Å². The average molecular weight is 332 g/mol. The van der Waals surface area contributed by atoms with Gasteiger partial charge < -0.3 is 9.64 Å². The molecule has 114 valence electrons. The Morgan fingerprint density at radius 1 is 1.18 bits per heavy atom. The lowest BCUT2D eigenvalue weighted by Gasteiger charge is -2.17. The molecule has 0 radical (unpaired) electrons. The zero-order valence-corrected chi connectivity index (χ0v) is 14.0. The number of hydrogen-bond acceptors (Lipinski definition) is 5. The molecule has 1 amide bonds. The van der Waals surface area contributed by atoms with Gasteiger partial charge in [0, 0.05) is 18.0 Å². The lowest BCUT2D eigenvalue weighted by molar-refractivity contribution is -0.122. The maximum absolute atomic E-state index is 12.1. The van der Waals surface area contributed by atoms with E-state index in [9.17, 15) is 4.79 Å². The summed E-state index contributed by atoms with van der Waals surface area (Å²) in [5, 5.41) is 1.31. The van der Waals surface area contributed by atoms with Gasteiger partial charge in [0.05, 0.1) is 10.7 Å². The van der Waals surface area contributed by atoms with Gasteiger partial charge >= 0.3 is 0 Å². The van der Waals surface area contributed by atoms with Crippen molar-refractivity contribution < 1.29 is 9.53 Å². The summed E-state index contributed by atoms with van der Waals surface area (Å²) in [5.41, 5.74) is 1.20. The Labute approximate surface area is 139 Å². The standard InChI is InChI=1S/C16H16N2O2S2/c1-3-17-11-7-5-6-8-13(11)22-14(17)10-9-12-15(19)18(4-2)16(21)20-12/h5-10H,3-4H2,1-2H3/b12-9-,14-10-. The third-order valence-electron chi connectivity index (χ3n) is 3.52. The average Bonchev–Trinajstić information content (AvgIpc) is 3.01. The minimum absolute atomic E-state index is 0.173. The van der Waals surface area contributed by atoms with Gasteiger partial charge in [0.1, 0.15) is 0 Å². The highest BCUT2D eigenvalue weighted by Crippen LogP contribution is 2.45. The first-order chi connectivity index (χ1) is 10.7. The summed E-state index contributed by atoms with van der Waals surface area (Å²) in [4.78, 5) is 17.0. The number of fused-ring (bicyclic) bond motifs is 1. The number of anilines is 1. The number of ether oxygens (including phenoxy) is 1. The Kier molecular flexibility index (Phi) is 4.22. The van der Waals surface area contributed by atoms with Gasteiger partial charge in [-0.1, -0.05) is 23.9 Å². The van der Waals surface area contributed by atoms with Crippen molar-refractivity contribution in [3.8, 4) is 0 Å². The van der Waals surface area contributed by atoms with Gasteiger partial charge in [-0.05, 0) is 50.4 Å². The Morgan fingerprint density at radius 2 is 1.91 bits per heavy atom. The van der Waals surface area contributed by atoms with Crippen LogP contribution in [0.15, 0.2) is 52.1 Å². The molecule has 1 fully saturated rings. The maximum atomic E-state index is 12.1. The first-order valence-electron chi connectivity index (χ1n) is 7.15. The molecule has 0 N–H and O–H groups in total. The summed E-state index contributed by atoms with van der Waals surface area (Å²) in [5.74, 6) is 0.111. The van der Waals surface area contributed by atoms with Crippen LogP contribution in [0.5, 0.6) is 0 Å². The fraction of sp³-hybridized carbons (Fsp3) is 0.250. The van der Waals surface area contributed by atoms with Crippen LogP contribution in [0, 0.1) is 0 Å². The van der Waals surface area contributed by atoms with Crippen LogP contribution < -0.4 is 4.90 Å². The SMILES string of the molecule is CCN1C(=O)/C(=C/C=C2\Sc3ccccc3N2CC)OC1=S. The van der Waals surface area contributed by atoms with Gasteiger partial charge in [-0.15, -0.1) is 0 Å². The normalized spacial score (nSPS) is 21.0. The Hall–Kier alpha value is -1.79. The van der Waals surface area contributed by atoms with Crippen molar-refractivity contribution in [2.24, 2.45) is 0 Å². The van der Waals surface area contributed by atoms with E-state index in [-0.39, 0.29) is 16.8 Å². The van der Waals surface area contributed by atoms with Crippen molar-refractivity contribution in [2.45, 2.75) is 18.7 Å². The summed E-state index contributed by atoms with van der Waals surface area (Å²) < 4.78 is 5.38. The molecular formula is C16H16N2O2S2. The molecule has 1 saturated heterocycles. The molecule has 0 saturated carbocycles. The van der Waals surface area contributed by atoms with E-state index in [2.05, 4.69) is 24.0 Å². The van der Waals surface area contributed by atoms with Crippen molar-refractivity contribution >= 4 is 40.7 Å². The first-order valence-corrected chi connectivity index (χ1v) is 8.38. The predicted octanol–water partition coefficient (Wildman–Crippen LogP) is 3.51. The van der Waals surface area contributed by atoms with Crippen LogP contribution >= 0.6 is 24.0 Å². The summed E-state index contributed by atoms with van der Waals surface area (Å²) in [7, 11) is 0. The van der Waals surface area contributed by atoms with E-state index < -0.39 is 0 Å². The van der Waals surface area contributed by atoms with Crippen LogP contribution in [0.1, 0.15) is 13.8 Å². The molecule has 0 atom stereocenters. The Balaban J connectivity index is 1.87. The fourth-order valence-electron chi connectivity index (χ4n) is 2.44. The second kappa shape index (κ2) is 6.14. The third-order valence-corrected chi connectivity index (χ3v) is 4.95. The van der Waals surface area contributed by atoms with E-state index in [0.717, 1.165) is 11.6 Å². The van der Waals surface area contributed by atoms with Gasteiger partial charge in [0.25, 0.3) is 11.1 Å². The molecule has 1 aromatic carbocycles. The molecule has 2 aliphatic rings. The molecule has 4 nitrogen and oxygen atoms in total. The van der Waals surface area contributed by atoms with Crippen molar-refractivity contribution in [3.05, 3.63) is 47.2 Å². The molecule has 22 heavy (non-hydrogen) atoms. The minimum Gasteiger partial charge on any atom is -0.426 e. The third kappa shape index (κ3) is 2.53. The van der Waals surface area contributed by atoms with Crippen molar-refractivity contribution in [3.63, 3.8) is 0 Å². The molecule has 0 spiro atoms. The van der Waals surface area contributed by atoms with Crippen LogP contribution in [0.25, 0.3) is 0 Å². The number of thioether (sulfide) groups is 1. The number of para-hydroxylation sites is 1. The second-order valence-corrected chi connectivity index (χ2v) is 6.18. The topological polar surface area (TPSA) is 32.8 Å². The number of benzene rings is 1. The molecule has 2 heterocycles. The Bertz CT molecular complexity index is 697. The second-order valence-electron chi connectivity index (χ2n) is 4.77. The van der Waals surface area contributed by atoms with Gasteiger partial charge in [-0.3, -0.25) is 9.69 Å². The lowest BCUT2D eigenvalue weighted by Crippen LogP contribution is -2.27. The fourth-order valence-corrected chi connectivity index (χ4v) is 3.87. The van der Waals surface area contributed by atoms with Crippen LogP contribution in [0.3, 0.4) is 0 Å². The van der Waals surface area contributed by atoms with Crippen LogP contribution in [-0.4, -0.2) is 29.1 Å². The zero-order valence-electron chi connectivity index (χ0n) is 12.4.